The number of methoxy groups -OCH3 is 1. The molecule has 0 radical (unpaired) electrons. The Bertz CT molecular complexity index is 459. The van der Waals surface area contributed by atoms with Crippen LogP contribution in [0.1, 0.15) is 37.3 Å². The highest BCUT2D eigenvalue weighted by molar-refractivity contribution is 5.77. The van der Waals surface area contributed by atoms with Gasteiger partial charge in [-0.15, -0.1) is 0 Å². The van der Waals surface area contributed by atoms with E-state index in [1.165, 1.54) is 32.8 Å². The molecule has 0 saturated heterocycles. The minimum absolute atomic E-state index is 0.195. The van der Waals surface area contributed by atoms with Crippen LogP contribution in [0.15, 0.2) is 30.3 Å². The van der Waals surface area contributed by atoms with E-state index in [4.69, 9.17) is 4.74 Å². The molecule has 3 nitrogen and oxygen atoms in total. The van der Waals surface area contributed by atoms with E-state index in [-0.39, 0.29) is 12.0 Å². The van der Waals surface area contributed by atoms with Gasteiger partial charge in [0.05, 0.1) is 7.11 Å². The van der Waals surface area contributed by atoms with Gasteiger partial charge in [0.15, 0.2) is 0 Å². The van der Waals surface area contributed by atoms with Crippen LogP contribution in [0.2, 0.25) is 0 Å². The fraction of sp³-hybridized carbons (Fsp3) is 0.588. The number of rotatable bonds is 5. The molecule has 0 spiro atoms. The van der Waals surface area contributed by atoms with Crippen molar-refractivity contribution in [3.8, 4) is 0 Å². The number of carbonyl (C=O) groups is 1. The SMILES string of the molecule is COC(=O)C(NCC1CC2CCC1C2)c1ccccc1. The average Bonchev–Trinajstić information content (AvgIpc) is 3.11. The van der Waals surface area contributed by atoms with Crippen LogP contribution in [-0.2, 0) is 9.53 Å². The molecule has 0 aromatic heterocycles. The predicted molar refractivity (Wildman–Crippen MR) is 78.1 cm³/mol. The van der Waals surface area contributed by atoms with E-state index in [2.05, 4.69) is 5.32 Å². The van der Waals surface area contributed by atoms with Crippen molar-refractivity contribution < 1.29 is 9.53 Å². The van der Waals surface area contributed by atoms with Gasteiger partial charge < -0.3 is 10.1 Å². The lowest BCUT2D eigenvalue weighted by molar-refractivity contribution is -0.143. The zero-order chi connectivity index (χ0) is 13.9. The largest absolute Gasteiger partial charge is 0.468 e. The van der Waals surface area contributed by atoms with Crippen LogP contribution in [0, 0.1) is 17.8 Å². The molecule has 2 aliphatic carbocycles. The third-order valence-corrected chi connectivity index (χ3v) is 5.04. The Morgan fingerprint density at radius 2 is 2.10 bits per heavy atom. The first kappa shape index (κ1) is 13.6. The number of ether oxygens (including phenoxy) is 1. The van der Waals surface area contributed by atoms with Gasteiger partial charge in [0.25, 0.3) is 0 Å². The summed E-state index contributed by atoms with van der Waals surface area (Å²) in [5, 5.41) is 3.44. The summed E-state index contributed by atoms with van der Waals surface area (Å²) in [7, 11) is 1.46. The van der Waals surface area contributed by atoms with E-state index in [0.717, 1.165) is 29.9 Å². The van der Waals surface area contributed by atoms with Crippen LogP contribution < -0.4 is 5.32 Å². The first-order valence-electron chi connectivity index (χ1n) is 7.64. The Balaban J connectivity index is 1.63. The third-order valence-electron chi connectivity index (χ3n) is 5.04. The topological polar surface area (TPSA) is 38.3 Å². The average molecular weight is 273 g/mol. The van der Waals surface area contributed by atoms with Crippen LogP contribution in [0.5, 0.6) is 0 Å². The number of nitrogens with one attached hydrogen (secondary N) is 1. The number of fused-ring (bicyclic) bond motifs is 2. The van der Waals surface area contributed by atoms with E-state index in [1.807, 2.05) is 30.3 Å². The smallest absolute Gasteiger partial charge is 0.327 e. The van der Waals surface area contributed by atoms with Crippen molar-refractivity contribution in [1.82, 2.24) is 5.32 Å². The Labute approximate surface area is 120 Å². The Morgan fingerprint density at radius 1 is 1.30 bits per heavy atom. The molecule has 2 fully saturated rings. The van der Waals surface area contributed by atoms with Crippen LogP contribution in [0.3, 0.4) is 0 Å². The zero-order valence-corrected chi connectivity index (χ0v) is 12.0. The van der Waals surface area contributed by atoms with E-state index >= 15 is 0 Å². The fourth-order valence-electron chi connectivity index (χ4n) is 4.00. The van der Waals surface area contributed by atoms with Crippen molar-refractivity contribution in [3.63, 3.8) is 0 Å². The standard InChI is InChI=1S/C17H23NO2/c1-20-17(19)16(13-5-3-2-4-6-13)18-11-15-10-12-7-8-14(15)9-12/h2-6,12,14-16,18H,7-11H2,1H3. The quantitative estimate of drug-likeness (QED) is 0.838. The Morgan fingerprint density at radius 3 is 2.70 bits per heavy atom. The summed E-state index contributed by atoms with van der Waals surface area (Å²) in [4.78, 5) is 12.0. The second-order valence-electron chi connectivity index (χ2n) is 6.21. The van der Waals surface area contributed by atoms with Gasteiger partial charge in [0.2, 0.25) is 0 Å². The second-order valence-corrected chi connectivity index (χ2v) is 6.21. The van der Waals surface area contributed by atoms with Crippen LogP contribution >= 0.6 is 0 Å². The van der Waals surface area contributed by atoms with Gasteiger partial charge in [-0.25, -0.2) is 4.79 Å². The van der Waals surface area contributed by atoms with Crippen molar-refractivity contribution in [2.24, 2.45) is 17.8 Å². The molecule has 2 bridgehead atoms. The first-order chi connectivity index (χ1) is 9.78. The van der Waals surface area contributed by atoms with Crippen molar-refractivity contribution in [2.75, 3.05) is 13.7 Å². The molecule has 4 unspecified atom stereocenters. The molecule has 108 valence electrons. The van der Waals surface area contributed by atoms with Gasteiger partial charge in [-0.2, -0.15) is 0 Å². The molecule has 3 heteroatoms. The number of esters is 1. The zero-order valence-electron chi connectivity index (χ0n) is 12.0. The van der Waals surface area contributed by atoms with Gasteiger partial charge in [-0.3, -0.25) is 0 Å². The summed E-state index contributed by atoms with van der Waals surface area (Å²) in [6.45, 7) is 0.926. The summed E-state index contributed by atoms with van der Waals surface area (Å²) in [5.74, 6) is 2.37. The molecule has 0 heterocycles. The van der Waals surface area contributed by atoms with Crippen molar-refractivity contribution >= 4 is 5.97 Å². The monoisotopic (exact) mass is 273 g/mol. The normalized spacial score (nSPS) is 29.4. The lowest BCUT2D eigenvalue weighted by Crippen LogP contribution is -2.34. The molecule has 0 aliphatic heterocycles. The van der Waals surface area contributed by atoms with Gasteiger partial charge in [0.1, 0.15) is 6.04 Å². The molecule has 4 atom stereocenters. The van der Waals surface area contributed by atoms with Gasteiger partial charge in [-0.05, 0) is 49.1 Å². The van der Waals surface area contributed by atoms with E-state index in [0.29, 0.717) is 0 Å². The van der Waals surface area contributed by atoms with Gasteiger partial charge >= 0.3 is 5.97 Å². The predicted octanol–water partition coefficient (Wildman–Crippen LogP) is 2.93. The van der Waals surface area contributed by atoms with E-state index in [9.17, 15) is 4.79 Å². The highest BCUT2D eigenvalue weighted by Gasteiger charge is 2.39. The fourth-order valence-corrected chi connectivity index (χ4v) is 4.00. The third kappa shape index (κ3) is 2.73. The highest BCUT2D eigenvalue weighted by atomic mass is 16.5. The second kappa shape index (κ2) is 5.96. The number of hydrogen-bond donors (Lipinski definition) is 1. The minimum atomic E-state index is -0.333. The van der Waals surface area contributed by atoms with Crippen LogP contribution in [0.25, 0.3) is 0 Å². The van der Waals surface area contributed by atoms with Crippen molar-refractivity contribution in [3.05, 3.63) is 35.9 Å². The number of carbonyl (C=O) groups excluding carboxylic acids is 1. The minimum Gasteiger partial charge on any atom is -0.468 e. The van der Waals surface area contributed by atoms with Gasteiger partial charge in [-0.1, -0.05) is 36.8 Å². The molecule has 2 saturated carbocycles. The highest BCUT2D eigenvalue weighted by Crippen LogP contribution is 2.48. The van der Waals surface area contributed by atoms with E-state index in [1.54, 1.807) is 0 Å². The molecule has 2 aliphatic rings. The van der Waals surface area contributed by atoms with Crippen molar-refractivity contribution in [2.45, 2.75) is 31.7 Å². The summed E-state index contributed by atoms with van der Waals surface area (Å²) in [6.07, 6.45) is 5.53. The summed E-state index contributed by atoms with van der Waals surface area (Å²) < 4.78 is 4.94. The molecule has 3 rings (SSSR count). The molecule has 0 amide bonds. The summed E-state index contributed by atoms with van der Waals surface area (Å²) in [5.41, 5.74) is 0.988. The van der Waals surface area contributed by atoms with E-state index < -0.39 is 0 Å². The lowest BCUT2D eigenvalue weighted by Gasteiger charge is -2.25. The number of benzene rings is 1. The lowest BCUT2D eigenvalue weighted by atomic mass is 9.88. The van der Waals surface area contributed by atoms with Crippen molar-refractivity contribution in [1.29, 1.82) is 0 Å². The van der Waals surface area contributed by atoms with Crippen LogP contribution in [0.4, 0.5) is 0 Å². The molecular formula is C17H23NO2. The van der Waals surface area contributed by atoms with Gasteiger partial charge in [0, 0.05) is 0 Å². The Hall–Kier alpha value is -1.35. The maximum atomic E-state index is 12.0. The molecule has 1 aromatic rings. The van der Waals surface area contributed by atoms with Crippen LogP contribution in [-0.4, -0.2) is 19.6 Å². The first-order valence-corrected chi connectivity index (χ1v) is 7.64. The molecular weight excluding hydrogens is 250 g/mol. The number of hydrogen-bond acceptors (Lipinski definition) is 3. The molecule has 1 aromatic carbocycles. The maximum Gasteiger partial charge on any atom is 0.327 e. The summed E-state index contributed by atoms with van der Waals surface area (Å²) >= 11 is 0. The molecule has 1 N–H and O–H groups in total. The molecule has 20 heavy (non-hydrogen) atoms. The maximum absolute atomic E-state index is 12.0. The summed E-state index contributed by atoms with van der Waals surface area (Å²) in [6, 6.07) is 9.52. The Kier molecular flexibility index (Phi) is 4.06.